The summed E-state index contributed by atoms with van der Waals surface area (Å²) in [6.07, 6.45) is 3.61. The predicted molar refractivity (Wildman–Crippen MR) is 70.6 cm³/mol. The van der Waals surface area contributed by atoms with Crippen molar-refractivity contribution in [3.05, 3.63) is 34.6 Å². The molecule has 1 aromatic rings. The van der Waals surface area contributed by atoms with Crippen LogP contribution in [-0.4, -0.2) is 30.3 Å². The molecule has 2 rings (SSSR count). The highest BCUT2D eigenvalue weighted by molar-refractivity contribution is 6.30. The first-order chi connectivity index (χ1) is 8.47. The Balaban J connectivity index is 2.40. The quantitative estimate of drug-likeness (QED) is 0.783. The van der Waals surface area contributed by atoms with Crippen LogP contribution in [0.1, 0.15) is 36.0 Å². The van der Waals surface area contributed by atoms with Gasteiger partial charge in [-0.05, 0) is 45.1 Å². The SMILES string of the molecule is CN(C)C1(C(=O)c2ccc(Cl)cc2F)CCCC1. The van der Waals surface area contributed by atoms with Gasteiger partial charge in [0.2, 0.25) is 0 Å². The van der Waals surface area contributed by atoms with Gasteiger partial charge in [-0.3, -0.25) is 9.69 Å². The number of benzene rings is 1. The molecule has 0 atom stereocenters. The van der Waals surface area contributed by atoms with Gasteiger partial charge in [0, 0.05) is 5.02 Å². The third-order valence-electron chi connectivity index (χ3n) is 3.89. The molecule has 0 N–H and O–H groups in total. The molecular weight excluding hydrogens is 253 g/mol. The molecule has 0 saturated heterocycles. The van der Waals surface area contributed by atoms with Crippen molar-refractivity contribution in [2.24, 2.45) is 0 Å². The van der Waals surface area contributed by atoms with Crippen LogP contribution >= 0.6 is 11.6 Å². The van der Waals surface area contributed by atoms with Crippen molar-refractivity contribution in [2.45, 2.75) is 31.2 Å². The fraction of sp³-hybridized carbons (Fsp3) is 0.500. The molecule has 0 heterocycles. The molecule has 1 aromatic carbocycles. The third kappa shape index (κ3) is 2.17. The number of likely N-dealkylation sites (N-methyl/N-ethyl adjacent to an activating group) is 1. The molecule has 98 valence electrons. The number of nitrogens with zero attached hydrogens (tertiary/aromatic N) is 1. The summed E-state index contributed by atoms with van der Waals surface area (Å²) in [7, 11) is 3.77. The van der Waals surface area contributed by atoms with Gasteiger partial charge in [-0.1, -0.05) is 24.4 Å². The van der Waals surface area contributed by atoms with Crippen molar-refractivity contribution in [3.8, 4) is 0 Å². The minimum absolute atomic E-state index is 0.126. The van der Waals surface area contributed by atoms with E-state index in [0.29, 0.717) is 5.02 Å². The van der Waals surface area contributed by atoms with E-state index in [0.717, 1.165) is 25.7 Å². The number of rotatable bonds is 3. The van der Waals surface area contributed by atoms with Crippen LogP contribution in [0.2, 0.25) is 5.02 Å². The van der Waals surface area contributed by atoms with Gasteiger partial charge in [0.15, 0.2) is 5.78 Å². The van der Waals surface area contributed by atoms with Crippen LogP contribution in [0.15, 0.2) is 18.2 Å². The van der Waals surface area contributed by atoms with Crippen molar-refractivity contribution in [3.63, 3.8) is 0 Å². The van der Waals surface area contributed by atoms with E-state index in [-0.39, 0.29) is 11.3 Å². The molecule has 1 saturated carbocycles. The van der Waals surface area contributed by atoms with Crippen LogP contribution in [0.25, 0.3) is 0 Å². The summed E-state index contributed by atoms with van der Waals surface area (Å²) in [5.41, 5.74) is -0.399. The molecule has 4 heteroatoms. The predicted octanol–water partition coefficient (Wildman–Crippen LogP) is 3.54. The number of carbonyl (C=O) groups excluding carboxylic acids is 1. The first-order valence-corrected chi connectivity index (χ1v) is 6.52. The molecule has 1 fully saturated rings. The van der Waals surface area contributed by atoms with Crippen molar-refractivity contribution in [1.82, 2.24) is 4.90 Å². The van der Waals surface area contributed by atoms with Gasteiger partial charge in [0.25, 0.3) is 0 Å². The van der Waals surface area contributed by atoms with E-state index in [2.05, 4.69) is 0 Å². The minimum atomic E-state index is -0.547. The Morgan fingerprint density at radius 3 is 2.44 bits per heavy atom. The Kier molecular flexibility index (Phi) is 3.74. The van der Waals surface area contributed by atoms with E-state index >= 15 is 0 Å². The zero-order valence-electron chi connectivity index (χ0n) is 10.7. The average Bonchev–Trinajstić information content (AvgIpc) is 2.78. The molecular formula is C14H17ClFNO. The van der Waals surface area contributed by atoms with Crippen LogP contribution in [0.5, 0.6) is 0 Å². The zero-order valence-corrected chi connectivity index (χ0v) is 11.4. The molecule has 0 aromatic heterocycles. The average molecular weight is 270 g/mol. The summed E-state index contributed by atoms with van der Waals surface area (Å²) in [5, 5.41) is 0.314. The smallest absolute Gasteiger partial charge is 0.185 e. The second-order valence-corrected chi connectivity index (χ2v) is 5.52. The van der Waals surface area contributed by atoms with Crippen molar-refractivity contribution < 1.29 is 9.18 Å². The third-order valence-corrected chi connectivity index (χ3v) is 4.12. The van der Waals surface area contributed by atoms with E-state index in [1.165, 1.54) is 12.1 Å². The van der Waals surface area contributed by atoms with Gasteiger partial charge in [-0.2, -0.15) is 0 Å². The first kappa shape index (κ1) is 13.5. The minimum Gasteiger partial charge on any atom is -0.297 e. The number of hydrogen-bond donors (Lipinski definition) is 0. The lowest BCUT2D eigenvalue weighted by molar-refractivity contribution is 0.0689. The molecule has 0 radical (unpaired) electrons. The fourth-order valence-corrected chi connectivity index (χ4v) is 2.92. The summed E-state index contributed by atoms with van der Waals surface area (Å²) >= 11 is 5.72. The monoisotopic (exact) mass is 269 g/mol. The van der Waals surface area contributed by atoms with Crippen molar-refractivity contribution in [2.75, 3.05) is 14.1 Å². The summed E-state index contributed by atoms with van der Waals surface area (Å²) in [5.74, 6) is -0.653. The molecule has 0 spiro atoms. The van der Waals surface area contributed by atoms with Crippen LogP contribution in [0.4, 0.5) is 4.39 Å². The van der Waals surface area contributed by atoms with Crippen LogP contribution in [0, 0.1) is 5.82 Å². The van der Waals surface area contributed by atoms with Gasteiger partial charge >= 0.3 is 0 Å². The molecule has 0 unspecified atom stereocenters. The standard InChI is InChI=1S/C14H17ClFNO/c1-17(2)14(7-3-4-8-14)13(18)11-6-5-10(15)9-12(11)16/h5-6,9H,3-4,7-8H2,1-2H3. The van der Waals surface area contributed by atoms with E-state index in [9.17, 15) is 9.18 Å². The summed E-state index contributed by atoms with van der Waals surface area (Å²) in [4.78, 5) is 14.5. The van der Waals surface area contributed by atoms with E-state index in [4.69, 9.17) is 11.6 Å². The van der Waals surface area contributed by atoms with Crippen LogP contribution in [0.3, 0.4) is 0 Å². The molecule has 2 nitrogen and oxygen atoms in total. The van der Waals surface area contributed by atoms with Gasteiger partial charge in [-0.15, -0.1) is 0 Å². The molecule has 1 aliphatic carbocycles. The normalized spacial score (nSPS) is 18.3. The Hall–Kier alpha value is -0.930. The lowest BCUT2D eigenvalue weighted by Gasteiger charge is -2.34. The summed E-state index contributed by atoms with van der Waals surface area (Å²) < 4.78 is 13.9. The highest BCUT2D eigenvalue weighted by Crippen LogP contribution is 2.37. The highest BCUT2D eigenvalue weighted by atomic mass is 35.5. The molecule has 1 aliphatic rings. The van der Waals surface area contributed by atoms with Crippen LogP contribution < -0.4 is 0 Å². The van der Waals surface area contributed by atoms with Gasteiger partial charge in [0.05, 0.1) is 11.1 Å². The van der Waals surface area contributed by atoms with Crippen molar-refractivity contribution in [1.29, 1.82) is 0 Å². The number of carbonyl (C=O) groups is 1. The van der Waals surface area contributed by atoms with Crippen LogP contribution in [-0.2, 0) is 0 Å². The summed E-state index contributed by atoms with van der Waals surface area (Å²) in [6, 6.07) is 4.26. The number of hydrogen-bond acceptors (Lipinski definition) is 2. The second-order valence-electron chi connectivity index (χ2n) is 5.09. The number of Topliss-reactive ketones (excluding diaryl/α,β-unsaturated/α-hetero) is 1. The molecule has 0 amide bonds. The number of ketones is 1. The number of halogens is 2. The molecule has 0 bridgehead atoms. The lowest BCUT2D eigenvalue weighted by Crippen LogP contribution is -2.49. The maximum absolute atomic E-state index is 13.9. The van der Waals surface area contributed by atoms with Gasteiger partial charge in [-0.25, -0.2) is 4.39 Å². The first-order valence-electron chi connectivity index (χ1n) is 6.15. The largest absolute Gasteiger partial charge is 0.297 e. The Labute approximate surface area is 112 Å². The second kappa shape index (κ2) is 4.98. The Morgan fingerprint density at radius 1 is 1.33 bits per heavy atom. The van der Waals surface area contributed by atoms with Gasteiger partial charge < -0.3 is 0 Å². The maximum Gasteiger partial charge on any atom is 0.185 e. The van der Waals surface area contributed by atoms with E-state index in [1.54, 1.807) is 6.07 Å². The fourth-order valence-electron chi connectivity index (χ4n) is 2.76. The van der Waals surface area contributed by atoms with E-state index in [1.807, 2.05) is 19.0 Å². The Bertz CT molecular complexity index is 467. The topological polar surface area (TPSA) is 20.3 Å². The van der Waals surface area contributed by atoms with Crippen molar-refractivity contribution >= 4 is 17.4 Å². The molecule has 0 aliphatic heterocycles. The van der Waals surface area contributed by atoms with Gasteiger partial charge in [0.1, 0.15) is 5.82 Å². The Morgan fingerprint density at radius 2 is 1.94 bits per heavy atom. The lowest BCUT2D eigenvalue weighted by atomic mass is 9.86. The maximum atomic E-state index is 13.9. The zero-order chi connectivity index (χ0) is 13.3. The van der Waals surface area contributed by atoms with E-state index < -0.39 is 11.4 Å². The highest BCUT2D eigenvalue weighted by Gasteiger charge is 2.44. The molecule has 18 heavy (non-hydrogen) atoms. The summed E-state index contributed by atoms with van der Waals surface area (Å²) in [6.45, 7) is 0.